The molecule has 3 aliphatic rings. The second-order valence-electron chi connectivity index (χ2n) is 9.01. The van der Waals surface area contributed by atoms with Gasteiger partial charge in [0.2, 0.25) is 5.88 Å². The highest BCUT2D eigenvalue weighted by molar-refractivity contribution is 7.91. The first-order chi connectivity index (χ1) is 15.4. The summed E-state index contributed by atoms with van der Waals surface area (Å²) in [5.41, 5.74) is 5.61. The maximum Gasteiger partial charge on any atom is 0.354 e. The fourth-order valence-electron chi connectivity index (χ4n) is 5.19. The number of anilines is 1. The molecule has 172 valence electrons. The summed E-state index contributed by atoms with van der Waals surface area (Å²) >= 11 is 0. The maximum absolute atomic E-state index is 13.2. The summed E-state index contributed by atoms with van der Waals surface area (Å²) < 4.78 is 29.9. The quantitative estimate of drug-likeness (QED) is 0.728. The van der Waals surface area contributed by atoms with E-state index in [2.05, 4.69) is 20.8 Å². The third-order valence-electron chi connectivity index (χ3n) is 6.58. The minimum absolute atomic E-state index is 0.153. The lowest BCUT2D eigenvalue weighted by Crippen LogP contribution is -2.25. The molecule has 9 nitrogen and oxygen atoms in total. The SMILES string of the molecule is COC[C@@H]1CCc2cc3c(c(NC(=O)N=S(N)(=O)c4cnn5c4OC[C@@H](C)C5)c21)CCC3. The normalized spacial score (nSPS) is 23.0. The molecule has 2 aliphatic carbocycles. The van der Waals surface area contributed by atoms with Gasteiger partial charge in [0.25, 0.3) is 0 Å². The topological polar surface area (TPSA) is 121 Å². The molecule has 0 saturated carbocycles. The minimum Gasteiger partial charge on any atom is -0.477 e. The third kappa shape index (κ3) is 3.70. The first-order valence-electron chi connectivity index (χ1n) is 11.1. The number of carbonyl (C=O) groups is 1. The number of nitrogens with two attached hydrogens (primary N) is 1. The average Bonchev–Trinajstić information content (AvgIpc) is 3.46. The number of ether oxygens (including phenoxy) is 2. The number of benzene rings is 1. The van der Waals surface area contributed by atoms with Crippen molar-refractivity contribution >= 4 is 21.6 Å². The standard InChI is InChI=1S/C22H29N5O4S/c1-13-10-27-21(31-11-13)18(9-24-27)32(23,29)26-22(28)25-20-17-5-3-4-14(17)8-15-6-7-16(12-30-2)19(15)20/h8-9,13,16H,3-7,10-12H2,1-2H3,(H3,23,25,26,28,29)/t13-,16-,32?/m0/s1. The number of carbonyl (C=O) groups excluding carboxylic acids is 1. The van der Waals surface area contributed by atoms with Gasteiger partial charge in [-0.2, -0.15) is 5.10 Å². The Morgan fingerprint density at radius 2 is 2.25 bits per heavy atom. The fraction of sp³-hybridized carbons (Fsp3) is 0.545. The van der Waals surface area contributed by atoms with Crippen LogP contribution >= 0.6 is 0 Å². The molecule has 0 radical (unpaired) electrons. The number of hydrogen-bond donors (Lipinski definition) is 2. The highest BCUT2D eigenvalue weighted by Crippen LogP contribution is 2.44. The number of nitrogens with one attached hydrogen (secondary N) is 1. The zero-order chi connectivity index (χ0) is 22.5. The van der Waals surface area contributed by atoms with E-state index < -0.39 is 15.9 Å². The summed E-state index contributed by atoms with van der Waals surface area (Å²) in [4.78, 5) is 13.1. The van der Waals surface area contributed by atoms with Crippen molar-refractivity contribution in [1.29, 1.82) is 0 Å². The molecule has 5 rings (SSSR count). The zero-order valence-corrected chi connectivity index (χ0v) is 19.2. The molecule has 2 aromatic rings. The summed E-state index contributed by atoms with van der Waals surface area (Å²) in [7, 11) is -1.82. The summed E-state index contributed by atoms with van der Waals surface area (Å²) in [6.07, 6.45) is 6.29. The van der Waals surface area contributed by atoms with E-state index in [0.29, 0.717) is 25.6 Å². The molecule has 3 atom stereocenters. The fourth-order valence-corrected chi connectivity index (χ4v) is 6.19. The molecule has 2 heterocycles. The zero-order valence-electron chi connectivity index (χ0n) is 18.4. The van der Waals surface area contributed by atoms with Gasteiger partial charge in [-0.25, -0.2) is 18.8 Å². The van der Waals surface area contributed by atoms with Crippen LogP contribution in [0.2, 0.25) is 0 Å². The number of aromatic nitrogens is 2. The van der Waals surface area contributed by atoms with Crippen molar-refractivity contribution in [3.05, 3.63) is 34.5 Å². The van der Waals surface area contributed by atoms with Gasteiger partial charge in [0.1, 0.15) is 4.90 Å². The first-order valence-corrected chi connectivity index (χ1v) is 12.7. The number of aryl methyl sites for hydroxylation is 2. The first kappa shape index (κ1) is 21.4. The molecule has 1 aromatic carbocycles. The Balaban J connectivity index is 1.49. The lowest BCUT2D eigenvalue weighted by atomic mass is 9.94. The Labute approximate surface area is 188 Å². The number of rotatable bonds is 4. The van der Waals surface area contributed by atoms with E-state index in [0.717, 1.165) is 48.9 Å². The van der Waals surface area contributed by atoms with E-state index in [1.54, 1.807) is 11.8 Å². The molecule has 0 bridgehead atoms. The molecule has 3 N–H and O–H groups in total. The Kier molecular flexibility index (Phi) is 5.47. The van der Waals surface area contributed by atoms with Crippen molar-refractivity contribution in [2.75, 3.05) is 25.6 Å². The Hall–Kier alpha value is -2.43. The smallest absolute Gasteiger partial charge is 0.354 e. The molecular weight excluding hydrogens is 430 g/mol. The van der Waals surface area contributed by atoms with Crippen LogP contribution in [0.3, 0.4) is 0 Å². The van der Waals surface area contributed by atoms with Gasteiger partial charge in [-0.3, -0.25) is 0 Å². The van der Waals surface area contributed by atoms with Crippen molar-refractivity contribution in [2.24, 2.45) is 15.4 Å². The second-order valence-corrected chi connectivity index (χ2v) is 10.8. The van der Waals surface area contributed by atoms with E-state index in [4.69, 9.17) is 14.6 Å². The molecular formula is C22H29N5O4S. The summed E-state index contributed by atoms with van der Waals surface area (Å²) in [5.74, 6) is 0.831. The van der Waals surface area contributed by atoms with Crippen LogP contribution in [0.15, 0.2) is 21.5 Å². The van der Waals surface area contributed by atoms with Gasteiger partial charge in [-0.15, -0.1) is 4.36 Å². The number of nitrogens with zero attached hydrogens (tertiary/aromatic N) is 3. The number of hydrogen-bond acceptors (Lipinski definition) is 5. The van der Waals surface area contributed by atoms with E-state index in [1.165, 1.54) is 17.3 Å². The van der Waals surface area contributed by atoms with Crippen LogP contribution in [-0.4, -0.2) is 40.3 Å². The molecule has 10 heteroatoms. The number of urea groups is 1. The van der Waals surface area contributed by atoms with Crippen LogP contribution in [-0.2, 0) is 40.5 Å². The largest absolute Gasteiger partial charge is 0.477 e. The van der Waals surface area contributed by atoms with Crippen LogP contribution in [0, 0.1) is 5.92 Å². The van der Waals surface area contributed by atoms with E-state index in [9.17, 15) is 9.00 Å². The van der Waals surface area contributed by atoms with Gasteiger partial charge in [0.15, 0.2) is 9.92 Å². The summed E-state index contributed by atoms with van der Waals surface area (Å²) in [6.45, 7) is 3.75. The van der Waals surface area contributed by atoms with Gasteiger partial charge in [-0.1, -0.05) is 13.0 Å². The Bertz CT molecular complexity index is 1200. The number of fused-ring (bicyclic) bond motifs is 3. The minimum atomic E-state index is -3.52. The van der Waals surface area contributed by atoms with E-state index in [-0.39, 0.29) is 16.7 Å². The van der Waals surface area contributed by atoms with Crippen molar-refractivity contribution in [2.45, 2.75) is 56.4 Å². The molecule has 1 aromatic heterocycles. The molecule has 1 unspecified atom stereocenters. The van der Waals surface area contributed by atoms with Crippen molar-refractivity contribution in [3.63, 3.8) is 0 Å². The van der Waals surface area contributed by atoms with Gasteiger partial charge in [-0.05, 0) is 54.4 Å². The average molecular weight is 460 g/mol. The summed E-state index contributed by atoms with van der Waals surface area (Å²) in [5, 5.41) is 13.2. The number of methoxy groups -OCH3 is 1. The van der Waals surface area contributed by atoms with Gasteiger partial charge in [0.05, 0.1) is 26.0 Å². The maximum atomic E-state index is 13.2. The number of amides is 2. The predicted octanol–water partition coefficient (Wildman–Crippen LogP) is 3.01. The summed E-state index contributed by atoms with van der Waals surface area (Å²) in [6, 6.07) is 1.57. The van der Waals surface area contributed by atoms with Gasteiger partial charge >= 0.3 is 6.03 Å². The van der Waals surface area contributed by atoms with E-state index in [1.807, 2.05) is 6.92 Å². The molecule has 32 heavy (non-hydrogen) atoms. The van der Waals surface area contributed by atoms with Crippen molar-refractivity contribution in [3.8, 4) is 5.88 Å². The second kappa shape index (κ2) is 8.17. The molecule has 1 aliphatic heterocycles. The molecule has 0 fully saturated rings. The van der Waals surface area contributed by atoms with Crippen LogP contribution in [0.4, 0.5) is 10.5 Å². The van der Waals surface area contributed by atoms with Crippen LogP contribution in [0.25, 0.3) is 0 Å². The molecule has 2 amide bonds. The lowest BCUT2D eigenvalue weighted by molar-refractivity contribution is 0.171. The molecule has 0 saturated heterocycles. The Morgan fingerprint density at radius 3 is 3.06 bits per heavy atom. The third-order valence-corrected chi connectivity index (χ3v) is 7.93. The van der Waals surface area contributed by atoms with Crippen LogP contribution in [0.1, 0.15) is 47.9 Å². The Morgan fingerprint density at radius 1 is 1.41 bits per heavy atom. The van der Waals surface area contributed by atoms with Gasteiger partial charge < -0.3 is 14.8 Å². The van der Waals surface area contributed by atoms with Gasteiger partial charge in [0, 0.05) is 24.6 Å². The lowest BCUT2D eigenvalue weighted by Gasteiger charge is -2.21. The monoisotopic (exact) mass is 459 g/mol. The highest BCUT2D eigenvalue weighted by atomic mass is 32.2. The van der Waals surface area contributed by atoms with Crippen LogP contribution in [0.5, 0.6) is 5.88 Å². The van der Waals surface area contributed by atoms with Crippen molar-refractivity contribution < 1.29 is 18.5 Å². The molecule has 0 spiro atoms. The highest BCUT2D eigenvalue weighted by Gasteiger charge is 2.32. The van der Waals surface area contributed by atoms with Crippen LogP contribution < -0.4 is 15.2 Å². The predicted molar refractivity (Wildman–Crippen MR) is 120 cm³/mol. The van der Waals surface area contributed by atoms with E-state index >= 15 is 0 Å². The van der Waals surface area contributed by atoms with Crippen molar-refractivity contribution in [1.82, 2.24) is 9.78 Å².